The van der Waals surface area contributed by atoms with E-state index in [1.807, 2.05) is 37.3 Å². The molecule has 0 saturated heterocycles. The van der Waals surface area contributed by atoms with Crippen LogP contribution in [0, 0.1) is 0 Å². The maximum atomic E-state index is 12.5. The highest BCUT2D eigenvalue weighted by Crippen LogP contribution is 2.19. The first-order valence-electron chi connectivity index (χ1n) is 8.83. The van der Waals surface area contributed by atoms with Gasteiger partial charge in [0.05, 0.1) is 23.9 Å². The van der Waals surface area contributed by atoms with E-state index in [0.29, 0.717) is 16.8 Å². The number of nitrogens with zero attached hydrogens (tertiary/aromatic N) is 1. The normalized spacial score (nSPS) is 11.4. The number of hydrogen-bond donors (Lipinski definition) is 2. The molecule has 1 amide bonds. The van der Waals surface area contributed by atoms with Gasteiger partial charge in [-0.1, -0.05) is 30.3 Å². The van der Waals surface area contributed by atoms with Crippen molar-refractivity contribution in [2.45, 2.75) is 13.0 Å². The average Bonchev–Trinajstić information content (AvgIpc) is 2.74. The van der Waals surface area contributed by atoms with Gasteiger partial charge in [0, 0.05) is 24.1 Å². The summed E-state index contributed by atoms with van der Waals surface area (Å²) in [6.45, 7) is 2.05. The molecule has 142 valence electrons. The van der Waals surface area contributed by atoms with Crippen molar-refractivity contribution in [2.24, 2.45) is 0 Å². The first-order chi connectivity index (χ1) is 13.6. The molecule has 1 unspecified atom stereocenters. The zero-order valence-electron chi connectivity index (χ0n) is 15.7. The summed E-state index contributed by atoms with van der Waals surface area (Å²) in [5.41, 5.74) is 3.33. The van der Waals surface area contributed by atoms with Crippen LogP contribution in [0.5, 0.6) is 0 Å². The molecule has 2 N–H and O–H groups in total. The first-order valence-corrected chi connectivity index (χ1v) is 8.83. The highest BCUT2D eigenvalue weighted by atomic mass is 16.5. The van der Waals surface area contributed by atoms with Crippen LogP contribution >= 0.6 is 0 Å². The fourth-order valence-electron chi connectivity index (χ4n) is 2.73. The van der Waals surface area contributed by atoms with Crippen LogP contribution < -0.4 is 10.6 Å². The van der Waals surface area contributed by atoms with Gasteiger partial charge in [0.1, 0.15) is 0 Å². The molecule has 0 aliphatic heterocycles. The minimum absolute atomic E-state index is 0.0761. The van der Waals surface area contributed by atoms with Crippen LogP contribution in [0.15, 0.2) is 73.1 Å². The van der Waals surface area contributed by atoms with Crippen molar-refractivity contribution in [2.75, 3.05) is 17.7 Å². The molecule has 0 radical (unpaired) electrons. The Labute approximate surface area is 163 Å². The van der Waals surface area contributed by atoms with Crippen LogP contribution in [-0.2, 0) is 4.74 Å². The highest BCUT2D eigenvalue weighted by Gasteiger charge is 2.11. The predicted octanol–water partition coefficient (Wildman–Crippen LogP) is 4.29. The van der Waals surface area contributed by atoms with Crippen molar-refractivity contribution < 1.29 is 14.3 Å². The molecule has 1 atom stereocenters. The van der Waals surface area contributed by atoms with Gasteiger partial charge < -0.3 is 15.4 Å². The molecule has 0 spiro atoms. The number of carbonyl (C=O) groups excluding carboxylic acids is 2. The van der Waals surface area contributed by atoms with Crippen LogP contribution in [0.4, 0.5) is 11.4 Å². The number of esters is 1. The molecule has 6 nitrogen and oxygen atoms in total. The molecule has 1 aromatic heterocycles. The Hall–Kier alpha value is -3.67. The van der Waals surface area contributed by atoms with E-state index in [-0.39, 0.29) is 11.9 Å². The lowest BCUT2D eigenvalue weighted by atomic mass is 10.1. The average molecular weight is 375 g/mol. The summed E-state index contributed by atoms with van der Waals surface area (Å²) >= 11 is 0. The second kappa shape index (κ2) is 8.81. The molecular weight excluding hydrogens is 354 g/mol. The summed E-state index contributed by atoms with van der Waals surface area (Å²) < 4.78 is 4.66. The van der Waals surface area contributed by atoms with E-state index in [2.05, 4.69) is 20.4 Å². The molecular formula is C22H21N3O3. The topological polar surface area (TPSA) is 80.3 Å². The largest absolute Gasteiger partial charge is 0.465 e. The number of hydrogen-bond acceptors (Lipinski definition) is 5. The molecule has 0 saturated carbocycles. The third-order valence-electron chi connectivity index (χ3n) is 4.25. The van der Waals surface area contributed by atoms with E-state index in [9.17, 15) is 9.59 Å². The lowest BCUT2D eigenvalue weighted by Crippen LogP contribution is -2.13. The fourth-order valence-corrected chi connectivity index (χ4v) is 2.73. The van der Waals surface area contributed by atoms with E-state index in [1.54, 1.807) is 36.5 Å². The lowest BCUT2D eigenvalue weighted by Gasteiger charge is -2.16. The zero-order valence-corrected chi connectivity index (χ0v) is 15.7. The third-order valence-corrected chi connectivity index (χ3v) is 4.25. The highest BCUT2D eigenvalue weighted by molar-refractivity contribution is 6.04. The maximum Gasteiger partial charge on any atom is 0.337 e. The Morgan fingerprint density at radius 2 is 1.64 bits per heavy atom. The molecule has 0 bridgehead atoms. The fraction of sp³-hybridized carbons (Fsp3) is 0.136. The summed E-state index contributed by atoms with van der Waals surface area (Å²) in [6, 6.07) is 18.4. The van der Waals surface area contributed by atoms with Crippen molar-refractivity contribution >= 4 is 23.3 Å². The van der Waals surface area contributed by atoms with Crippen molar-refractivity contribution in [1.29, 1.82) is 0 Å². The molecule has 28 heavy (non-hydrogen) atoms. The number of pyridine rings is 1. The van der Waals surface area contributed by atoms with Crippen LogP contribution in [0.2, 0.25) is 0 Å². The SMILES string of the molecule is COC(=O)c1ccc(NC(=O)c2cncc(NC(C)c3ccccc3)c2)cc1. The minimum atomic E-state index is -0.423. The van der Waals surface area contributed by atoms with E-state index in [4.69, 9.17) is 0 Å². The van der Waals surface area contributed by atoms with Crippen molar-refractivity contribution in [1.82, 2.24) is 4.98 Å². The number of benzene rings is 2. The smallest absolute Gasteiger partial charge is 0.337 e. The number of rotatable bonds is 6. The molecule has 2 aromatic carbocycles. The zero-order chi connectivity index (χ0) is 19.9. The van der Waals surface area contributed by atoms with Crippen LogP contribution in [0.25, 0.3) is 0 Å². The van der Waals surface area contributed by atoms with Crippen molar-refractivity contribution in [3.63, 3.8) is 0 Å². The molecule has 6 heteroatoms. The van der Waals surface area contributed by atoms with Gasteiger partial charge in [0.25, 0.3) is 5.91 Å². The van der Waals surface area contributed by atoms with Gasteiger partial charge in [0.15, 0.2) is 0 Å². The molecule has 1 heterocycles. The molecule has 3 rings (SSSR count). The first kappa shape index (κ1) is 19.1. The third kappa shape index (κ3) is 4.73. The van der Waals surface area contributed by atoms with Crippen molar-refractivity contribution in [3.05, 3.63) is 89.7 Å². The van der Waals surface area contributed by atoms with Gasteiger partial charge in [-0.05, 0) is 42.8 Å². The van der Waals surface area contributed by atoms with Crippen molar-refractivity contribution in [3.8, 4) is 0 Å². The number of aromatic nitrogens is 1. The predicted molar refractivity (Wildman–Crippen MR) is 108 cm³/mol. The Morgan fingerprint density at radius 1 is 0.929 bits per heavy atom. The van der Waals surface area contributed by atoms with Gasteiger partial charge >= 0.3 is 5.97 Å². The van der Waals surface area contributed by atoms with E-state index < -0.39 is 5.97 Å². The van der Waals surface area contributed by atoms with E-state index in [1.165, 1.54) is 13.3 Å². The van der Waals surface area contributed by atoms with Gasteiger partial charge in [-0.25, -0.2) is 4.79 Å². The van der Waals surface area contributed by atoms with Gasteiger partial charge in [0.2, 0.25) is 0 Å². The summed E-state index contributed by atoms with van der Waals surface area (Å²) in [6.07, 6.45) is 3.19. The van der Waals surface area contributed by atoms with Crippen LogP contribution in [0.3, 0.4) is 0 Å². The Kier molecular flexibility index (Phi) is 6.01. The maximum absolute atomic E-state index is 12.5. The molecule has 0 aliphatic rings. The number of carbonyl (C=O) groups is 2. The number of ether oxygens (including phenoxy) is 1. The summed E-state index contributed by atoms with van der Waals surface area (Å²) in [5, 5.41) is 6.15. The number of methoxy groups -OCH3 is 1. The molecule has 0 aliphatic carbocycles. The summed E-state index contributed by atoms with van der Waals surface area (Å²) in [4.78, 5) is 28.2. The Morgan fingerprint density at radius 3 is 2.32 bits per heavy atom. The second-order valence-corrected chi connectivity index (χ2v) is 6.26. The van der Waals surface area contributed by atoms with Crippen LogP contribution in [-0.4, -0.2) is 24.0 Å². The van der Waals surface area contributed by atoms with E-state index >= 15 is 0 Å². The van der Waals surface area contributed by atoms with Gasteiger partial charge in [-0.3, -0.25) is 9.78 Å². The van der Waals surface area contributed by atoms with Gasteiger partial charge in [-0.15, -0.1) is 0 Å². The molecule has 3 aromatic rings. The van der Waals surface area contributed by atoms with Crippen LogP contribution in [0.1, 0.15) is 39.2 Å². The summed E-state index contributed by atoms with van der Waals surface area (Å²) in [5.74, 6) is -0.706. The minimum Gasteiger partial charge on any atom is -0.465 e. The quantitative estimate of drug-likeness (QED) is 0.628. The number of amides is 1. The Balaban J connectivity index is 1.67. The van der Waals surface area contributed by atoms with E-state index in [0.717, 1.165) is 11.3 Å². The number of nitrogens with one attached hydrogen (secondary N) is 2. The summed E-state index contributed by atoms with van der Waals surface area (Å²) in [7, 11) is 1.32. The number of anilines is 2. The Bertz CT molecular complexity index is 956. The van der Waals surface area contributed by atoms with Gasteiger partial charge in [-0.2, -0.15) is 0 Å². The molecule has 0 fully saturated rings. The lowest BCUT2D eigenvalue weighted by molar-refractivity contribution is 0.0600. The monoisotopic (exact) mass is 375 g/mol. The second-order valence-electron chi connectivity index (χ2n) is 6.26. The standard InChI is InChI=1S/C22H21N3O3/c1-15(16-6-4-3-5-7-16)24-20-12-18(13-23-14-20)21(26)25-19-10-8-17(9-11-19)22(27)28-2/h3-15,24H,1-2H3,(H,25,26).